The van der Waals surface area contributed by atoms with Crippen LogP contribution in [0.5, 0.6) is 0 Å². The second kappa shape index (κ2) is 7.61. The molecule has 0 radical (unpaired) electrons. The van der Waals surface area contributed by atoms with Crippen LogP contribution in [0.2, 0.25) is 0 Å². The Labute approximate surface area is 151 Å². The Morgan fingerprint density at radius 1 is 0.750 bits per heavy atom. The van der Waals surface area contributed by atoms with Crippen molar-refractivity contribution in [3.05, 3.63) is 90.5 Å². The van der Waals surface area contributed by atoms with Gasteiger partial charge in [-0.05, 0) is 34.1 Å². The molecule has 0 saturated heterocycles. The lowest BCUT2D eigenvalue weighted by Crippen LogP contribution is -2.24. The monoisotopic (exact) mass is 372 g/mol. The van der Waals surface area contributed by atoms with Crippen LogP contribution in [0, 0.1) is 0 Å². The van der Waals surface area contributed by atoms with E-state index in [1.165, 1.54) is 11.0 Å². The van der Waals surface area contributed by atoms with Crippen LogP contribution in [0.25, 0.3) is 0 Å². The van der Waals surface area contributed by atoms with E-state index in [1.807, 2.05) is 84.9 Å². The van der Waals surface area contributed by atoms with Gasteiger partial charge >= 0.3 is 0 Å². The zero-order chi connectivity index (χ0) is 17.0. The molecule has 1 nitrogen and oxygen atoms in total. The zero-order valence-corrected chi connectivity index (χ0v) is 15.8. The third kappa shape index (κ3) is 3.32. The van der Waals surface area contributed by atoms with E-state index in [4.69, 9.17) is 10.7 Å². The number of hydrogen-bond donors (Lipinski definition) is 0. The maximum absolute atomic E-state index is 14.1. The predicted molar refractivity (Wildman–Crippen MR) is 108 cm³/mol. The van der Waals surface area contributed by atoms with Crippen LogP contribution in [0.1, 0.15) is 17.7 Å². The van der Waals surface area contributed by atoms with Gasteiger partial charge in [-0.25, -0.2) is 0 Å². The molecule has 0 spiro atoms. The van der Waals surface area contributed by atoms with E-state index in [-0.39, 0.29) is 5.25 Å². The number of halogens is 1. The van der Waals surface area contributed by atoms with Gasteiger partial charge in [-0.2, -0.15) is 0 Å². The fourth-order valence-electron chi connectivity index (χ4n) is 2.73. The molecule has 0 aliphatic rings. The van der Waals surface area contributed by atoms with E-state index in [1.54, 1.807) is 0 Å². The molecule has 1 unspecified atom stereocenters. The number of rotatable bonds is 5. The standard InChI is InChI=1S/C20H18ClOPS/c1-16(24-21)17-12-14-20(15-13-17)23(22,18-8-4-2-5-9-18)19-10-6-3-7-11-19/h2-16H,1H3. The third-order valence-electron chi connectivity index (χ3n) is 4.10. The van der Waals surface area contributed by atoms with Gasteiger partial charge in [-0.15, -0.1) is 0 Å². The summed E-state index contributed by atoms with van der Waals surface area (Å²) in [5.41, 5.74) is 1.13. The van der Waals surface area contributed by atoms with Crippen molar-refractivity contribution in [3.8, 4) is 0 Å². The second-order valence-electron chi connectivity index (χ2n) is 5.60. The highest BCUT2D eigenvalue weighted by Gasteiger charge is 2.29. The van der Waals surface area contributed by atoms with Crippen LogP contribution in [0.3, 0.4) is 0 Å². The summed E-state index contributed by atoms with van der Waals surface area (Å²) in [6, 6.07) is 27.4. The predicted octanol–water partition coefficient (Wildman–Crippen LogP) is 5.27. The van der Waals surface area contributed by atoms with Crippen LogP contribution < -0.4 is 15.9 Å². The summed E-state index contributed by atoms with van der Waals surface area (Å²) >= 11 is 0. The van der Waals surface area contributed by atoms with E-state index >= 15 is 0 Å². The molecule has 24 heavy (non-hydrogen) atoms. The fraction of sp³-hybridized carbons (Fsp3) is 0.100. The lowest BCUT2D eigenvalue weighted by atomic mass is 10.2. The average molecular weight is 373 g/mol. The quantitative estimate of drug-likeness (QED) is 0.567. The molecular weight excluding hydrogens is 355 g/mol. The first kappa shape index (κ1) is 17.4. The van der Waals surface area contributed by atoms with Gasteiger partial charge in [0, 0.05) is 21.2 Å². The van der Waals surface area contributed by atoms with Crippen molar-refractivity contribution in [3.63, 3.8) is 0 Å². The zero-order valence-electron chi connectivity index (χ0n) is 13.3. The molecule has 0 amide bonds. The summed E-state index contributed by atoms with van der Waals surface area (Å²) in [6.45, 7) is 2.06. The Bertz CT molecular complexity index is 791. The van der Waals surface area contributed by atoms with Gasteiger partial charge in [0.1, 0.15) is 0 Å². The molecule has 0 aliphatic heterocycles. The smallest absolute Gasteiger partial charge is 0.171 e. The van der Waals surface area contributed by atoms with E-state index in [0.717, 1.165) is 21.5 Å². The first-order valence-electron chi connectivity index (χ1n) is 7.75. The lowest BCUT2D eigenvalue weighted by molar-refractivity contribution is 0.592. The minimum atomic E-state index is -2.87. The second-order valence-corrected chi connectivity index (χ2v) is 9.79. The van der Waals surface area contributed by atoms with Crippen LogP contribution >= 0.6 is 28.8 Å². The summed E-state index contributed by atoms with van der Waals surface area (Å²) in [7, 11) is 4.28. The molecule has 0 fully saturated rings. The Balaban J connectivity index is 2.15. The van der Waals surface area contributed by atoms with Gasteiger partial charge in [0.05, 0.1) is 0 Å². The van der Waals surface area contributed by atoms with Crippen molar-refractivity contribution in [2.24, 2.45) is 0 Å². The third-order valence-corrected chi connectivity index (χ3v) is 8.52. The minimum absolute atomic E-state index is 0.202. The highest BCUT2D eigenvalue weighted by atomic mass is 35.7. The largest absolute Gasteiger partial charge is 0.309 e. The molecule has 0 aliphatic carbocycles. The Morgan fingerprint density at radius 3 is 1.58 bits per heavy atom. The normalized spacial score (nSPS) is 12.8. The highest BCUT2D eigenvalue weighted by molar-refractivity contribution is 8.21. The van der Waals surface area contributed by atoms with Crippen molar-refractivity contribution in [2.45, 2.75) is 12.2 Å². The van der Waals surface area contributed by atoms with E-state index < -0.39 is 7.14 Å². The maximum atomic E-state index is 14.1. The van der Waals surface area contributed by atoms with Crippen molar-refractivity contribution in [2.75, 3.05) is 0 Å². The Kier molecular flexibility index (Phi) is 5.50. The van der Waals surface area contributed by atoms with Gasteiger partial charge in [0.25, 0.3) is 0 Å². The van der Waals surface area contributed by atoms with Crippen molar-refractivity contribution < 1.29 is 4.57 Å². The van der Waals surface area contributed by atoms with E-state index in [9.17, 15) is 4.57 Å². The van der Waals surface area contributed by atoms with Crippen molar-refractivity contribution >= 4 is 44.7 Å². The number of benzene rings is 3. The molecule has 0 heterocycles. The Hall–Kier alpha value is -1.47. The van der Waals surface area contributed by atoms with Gasteiger partial charge in [0.15, 0.2) is 7.14 Å². The molecule has 0 N–H and O–H groups in total. The minimum Gasteiger partial charge on any atom is -0.309 e. The fourth-order valence-corrected chi connectivity index (χ4v) is 5.95. The lowest BCUT2D eigenvalue weighted by Gasteiger charge is -2.20. The van der Waals surface area contributed by atoms with Gasteiger partial charge in [0.2, 0.25) is 0 Å². The maximum Gasteiger partial charge on any atom is 0.171 e. The first-order chi connectivity index (χ1) is 11.7. The van der Waals surface area contributed by atoms with E-state index in [0.29, 0.717) is 0 Å². The van der Waals surface area contributed by atoms with Gasteiger partial charge in [-0.3, -0.25) is 0 Å². The van der Waals surface area contributed by atoms with Crippen LogP contribution in [-0.2, 0) is 4.57 Å². The van der Waals surface area contributed by atoms with E-state index in [2.05, 4.69) is 6.92 Å². The van der Waals surface area contributed by atoms with Gasteiger partial charge < -0.3 is 4.57 Å². The molecule has 122 valence electrons. The molecule has 3 aromatic rings. The molecule has 1 atom stereocenters. The van der Waals surface area contributed by atoms with Crippen LogP contribution in [-0.4, -0.2) is 0 Å². The molecule has 3 aromatic carbocycles. The van der Waals surface area contributed by atoms with Crippen LogP contribution in [0.15, 0.2) is 84.9 Å². The molecule has 0 aromatic heterocycles. The molecule has 0 saturated carbocycles. The summed E-state index contributed by atoms with van der Waals surface area (Å²) in [6.07, 6.45) is 0. The molecule has 3 rings (SSSR count). The summed E-state index contributed by atoms with van der Waals surface area (Å²) < 4.78 is 14.1. The van der Waals surface area contributed by atoms with Gasteiger partial charge in [-0.1, -0.05) is 84.9 Å². The molecule has 4 heteroatoms. The van der Waals surface area contributed by atoms with Crippen molar-refractivity contribution in [1.29, 1.82) is 0 Å². The summed E-state index contributed by atoms with van der Waals surface area (Å²) in [5.74, 6) is 0. The average Bonchev–Trinajstić information content (AvgIpc) is 2.68. The topological polar surface area (TPSA) is 17.1 Å². The summed E-state index contributed by atoms with van der Waals surface area (Å²) in [4.78, 5) is 0. The number of hydrogen-bond acceptors (Lipinski definition) is 2. The molecule has 0 bridgehead atoms. The molecular formula is C20H18ClOPS. The first-order valence-corrected chi connectivity index (χ1v) is 11.2. The highest BCUT2D eigenvalue weighted by Crippen LogP contribution is 2.42. The Morgan fingerprint density at radius 2 is 1.17 bits per heavy atom. The van der Waals surface area contributed by atoms with Crippen molar-refractivity contribution in [1.82, 2.24) is 0 Å². The van der Waals surface area contributed by atoms with Crippen LogP contribution in [0.4, 0.5) is 0 Å². The SMILES string of the molecule is CC(SCl)c1ccc(P(=O)(c2ccccc2)c2ccccc2)cc1. The summed E-state index contributed by atoms with van der Waals surface area (Å²) in [5, 5.41) is 2.75.